The van der Waals surface area contributed by atoms with Crippen LogP contribution < -0.4 is 5.56 Å². The van der Waals surface area contributed by atoms with E-state index in [4.69, 9.17) is 0 Å². The first-order valence-corrected chi connectivity index (χ1v) is 3.85. The molecular weight excluding hydrogens is 172 g/mol. The highest BCUT2D eigenvalue weighted by atomic mass is 32.1. The Kier molecular flexibility index (Phi) is 1.62. The van der Waals surface area contributed by atoms with E-state index in [0.29, 0.717) is 5.39 Å². The van der Waals surface area contributed by atoms with Crippen molar-refractivity contribution in [3.8, 4) is 0 Å². The van der Waals surface area contributed by atoms with Gasteiger partial charge in [0.15, 0.2) is 0 Å². The molecule has 0 radical (unpaired) electrons. The van der Waals surface area contributed by atoms with Crippen molar-refractivity contribution >= 4 is 23.7 Å². The van der Waals surface area contributed by atoms with Crippen molar-refractivity contribution in [2.75, 3.05) is 0 Å². The van der Waals surface area contributed by atoms with Gasteiger partial charge in [0.1, 0.15) is 6.33 Å². The molecule has 0 amide bonds. The summed E-state index contributed by atoms with van der Waals surface area (Å²) < 4.78 is 1.52. The van der Waals surface area contributed by atoms with Crippen molar-refractivity contribution in [2.24, 2.45) is 0 Å². The maximum atomic E-state index is 11.2. The van der Waals surface area contributed by atoms with Gasteiger partial charge < -0.3 is 0 Å². The van der Waals surface area contributed by atoms with E-state index >= 15 is 0 Å². The van der Waals surface area contributed by atoms with Crippen molar-refractivity contribution in [1.29, 1.82) is 0 Å². The zero-order valence-corrected chi connectivity index (χ0v) is 7.03. The summed E-state index contributed by atoms with van der Waals surface area (Å²) in [6.07, 6.45) is 1.40. The summed E-state index contributed by atoms with van der Waals surface area (Å²) >= 11 is 4.11. The van der Waals surface area contributed by atoms with Gasteiger partial charge in [-0.3, -0.25) is 8.77 Å². The van der Waals surface area contributed by atoms with Crippen LogP contribution in [0.2, 0.25) is 0 Å². The SMILES string of the molecule is O=c1ncn(S)c2ccccc12. The Morgan fingerprint density at radius 2 is 2.08 bits per heavy atom. The molecule has 1 heterocycles. The van der Waals surface area contributed by atoms with Crippen LogP contribution >= 0.6 is 12.8 Å². The number of fused-ring (bicyclic) bond motifs is 1. The zero-order chi connectivity index (χ0) is 8.55. The van der Waals surface area contributed by atoms with Crippen LogP contribution in [-0.2, 0) is 0 Å². The monoisotopic (exact) mass is 178 g/mol. The van der Waals surface area contributed by atoms with Crippen molar-refractivity contribution in [1.82, 2.24) is 8.96 Å². The van der Waals surface area contributed by atoms with Crippen LogP contribution in [0.25, 0.3) is 10.9 Å². The molecule has 0 aliphatic carbocycles. The lowest BCUT2D eigenvalue weighted by molar-refractivity contribution is 1.13. The summed E-state index contributed by atoms with van der Waals surface area (Å²) in [6, 6.07) is 7.22. The number of rotatable bonds is 0. The van der Waals surface area contributed by atoms with Gasteiger partial charge in [0.25, 0.3) is 5.56 Å². The van der Waals surface area contributed by atoms with Gasteiger partial charge in [-0.05, 0) is 12.1 Å². The van der Waals surface area contributed by atoms with E-state index < -0.39 is 0 Å². The second-order valence-corrected chi connectivity index (χ2v) is 2.84. The Bertz CT molecular complexity index is 478. The maximum absolute atomic E-state index is 11.2. The van der Waals surface area contributed by atoms with Crippen LogP contribution in [-0.4, -0.2) is 8.96 Å². The largest absolute Gasteiger partial charge is 0.280 e. The fraction of sp³-hybridized carbons (Fsp3) is 0. The van der Waals surface area contributed by atoms with Gasteiger partial charge in [-0.15, -0.1) is 0 Å². The van der Waals surface area contributed by atoms with Crippen LogP contribution in [0.4, 0.5) is 0 Å². The predicted octanol–water partition coefficient (Wildman–Crippen LogP) is 1.09. The smallest absolute Gasteiger partial charge is 0.276 e. The average Bonchev–Trinajstić information content (AvgIpc) is 2.12. The van der Waals surface area contributed by atoms with Gasteiger partial charge in [0, 0.05) is 0 Å². The zero-order valence-electron chi connectivity index (χ0n) is 6.14. The molecule has 0 saturated carbocycles. The second kappa shape index (κ2) is 2.64. The van der Waals surface area contributed by atoms with Gasteiger partial charge in [0.05, 0.1) is 10.9 Å². The van der Waals surface area contributed by atoms with Gasteiger partial charge in [-0.2, -0.15) is 4.98 Å². The average molecular weight is 178 g/mol. The molecule has 3 nitrogen and oxygen atoms in total. The van der Waals surface area contributed by atoms with Crippen molar-refractivity contribution in [3.63, 3.8) is 0 Å². The van der Waals surface area contributed by atoms with Crippen LogP contribution in [0.15, 0.2) is 35.4 Å². The molecule has 0 N–H and O–H groups in total. The van der Waals surface area contributed by atoms with Gasteiger partial charge in [0.2, 0.25) is 0 Å². The Hall–Kier alpha value is -1.29. The van der Waals surface area contributed by atoms with Crippen molar-refractivity contribution in [2.45, 2.75) is 0 Å². The Balaban J connectivity index is 3.05. The van der Waals surface area contributed by atoms with E-state index in [2.05, 4.69) is 17.8 Å². The molecule has 1 aromatic carbocycles. The highest BCUT2D eigenvalue weighted by molar-refractivity contribution is 7.78. The molecule has 2 rings (SSSR count). The number of hydrogen-bond acceptors (Lipinski definition) is 3. The van der Waals surface area contributed by atoms with Gasteiger partial charge >= 0.3 is 0 Å². The number of thiol groups is 1. The van der Waals surface area contributed by atoms with Crippen LogP contribution in [0.3, 0.4) is 0 Å². The Labute approximate surface area is 74.2 Å². The lowest BCUT2D eigenvalue weighted by Gasteiger charge is -1.99. The molecule has 1 aromatic heterocycles. The number of para-hydroxylation sites is 1. The first-order valence-electron chi connectivity index (χ1n) is 3.45. The lowest BCUT2D eigenvalue weighted by atomic mass is 10.2. The normalized spacial score (nSPS) is 10.4. The minimum Gasteiger partial charge on any atom is -0.276 e. The molecule has 60 valence electrons. The van der Waals surface area contributed by atoms with E-state index in [9.17, 15) is 4.79 Å². The standard InChI is InChI=1S/C8H6N2OS/c11-8-6-3-1-2-4-7(6)10(12)5-9-8/h1-5,12H. The third kappa shape index (κ3) is 1.00. The minimum absolute atomic E-state index is 0.212. The lowest BCUT2D eigenvalue weighted by Crippen LogP contribution is -2.08. The molecule has 0 unspecified atom stereocenters. The van der Waals surface area contributed by atoms with Crippen LogP contribution in [0.1, 0.15) is 0 Å². The molecule has 0 bridgehead atoms. The summed E-state index contributed by atoms with van der Waals surface area (Å²) in [6.45, 7) is 0. The highest BCUT2D eigenvalue weighted by Crippen LogP contribution is 2.08. The fourth-order valence-electron chi connectivity index (χ4n) is 1.09. The van der Waals surface area contributed by atoms with E-state index in [1.165, 1.54) is 10.3 Å². The van der Waals surface area contributed by atoms with E-state index in [-0.39, 0.29) is 5.56 Å². The minimum atomic E-state index is -0.212. The summed E-state index contributed by atoms with van der Waals surface area (Å²) in [5.41, 5.74) is 0.566. The first-order chi connectivity index (χ1) is 5.79. The van der Waals surface area contributed by atoms with Crippen LogP contribution in [0.5, 0.6) is 0 Å². The number of hydrogen-bond donors (Lipinski definition) is 1. The van der Waals surface area contributed by atoms with Crippen molar-refractivity contribution < 1.29 is 0 Å². The molecule has 4 heteroatoms. The summed E-state index contributed by atoms with van der Waals surface area (Å²) in [7, 11) is 0. The first kappa shape index (κ1) is 7.36. The number of aromatic nitrogens is 2. The third-order valence-corrected chi connectivity index (χ3v) is 1.98. The van der Waals surface area contributed by atoms with Crippen LogP contribution in [0, 0.1) is 0 Å². The van der Waals surface area contributed by atoms with E-state index in [1.54, 1.807) is 12.1 Å². The van der Waals surface area contributed by atoms with Gasteiger partial charge in [-0.1, -0.05) is 24.9 Å². The second-order valence-electron chi connectivity index (χ2n) is 2.41. The topological polar surface area (TPSA) is 34.9 Å². The molecule has 2 aromatic rings. The molecule has 0 atom stereocenters. The molecule has 0 fully saturated rings. The summed E-state index contributed by atoms with van der Waals surface area (Å²) in [4.78, 5) is 14.8. The molecular formula is C8H6N2OS. The Morgan fingerprint density at radius 1 is 1.33 bits per heavy atom. The summed E-state index contributed by atoms with van der Waals surface area (Å²) in [5, 5.41) is 0.593. The number of benzene rings is 1. The number of nitrogens with zero attached hydrogens (tertiary/aromatic N) is 2. The molecule has 0 aliphatic heterocycles. The molecule has 0 spiro atoms. The molecule has 12 heavy (non-hydrogen) atoms. The highest BCUT2D eigenvalue weighted by Gasteiger charge is 1.98. The quantitative estimate of drug-likeness (QED) is 0.613. The maximum Gasteiger partial charge on any atom is 0.280 e. The van der Waals surface area contributed by atoms with E-state index in [1.807, 2.05) is 12.1 Å². The molecule has 0 saturated heterocycles. The third-order valence-electron chi connectivity index (χ3n) is 1.67. The van der Waals surface area contributed by atoms with Crippen molar-refractivity contribution in [3.05, 3.63) is 40.9 Å². The van der Waals surface area contributed by atoms with Gasteiger partial charge in [-0.25, -0.2) is 0 Å². The summed E-state index contributed by atoms with van der Waals surface area (Å²) in [5.74, 6) is 0. The Morgan fingerprint density at radius 3 is 2.83 bits per heavy atom. The molecule has 0 aliphatic rings. The predicted molar refractivity (Wildman–Crippen MR) is 50.4 cm³/mol. The fourth-order valence-corrected chi connectivity index (χ4v) is 1.32. The van der Waals surface area contributed by atoms with E-state index in [0.717, 1.165) is 5.52 Å².